The summed E-state index contributed by atoms with van der Waals surface area (Å²) in [6, 6.07) is 7.98. The number of sulfone groups is 1. The number of hydrogen-bond acceptors (Lipinski definition) is 10. The zero-order valence-electron chi connectivity index (χ0n) is 23.8. The van der Waals surface area contributed by atoms with Crippen LogP contribution in [0.2, 0.25) is 0 Å². The van der Waals surface area contributed by atoms with Gasteiger partial charge in [0.2, 0.25) is 5.82 Å². The molecule has 0 aliphatic carbocycles. The summed E-state index contributed by atoms with van der Waals surface area (Å²) in [6.07, 6.45) is 8.32. The van der Waals surface area contributed by atoms with E-state index in [0.717, 1.165) is 19.1 Å². The number of aromatic amines is 1. The van der Waals surface area contributed by atoms with Crippen molar-refractivity contribution in [2.45, 2.75) is 48.6 Å². The summed E-state index contributed by atoms with van der Waals surface area (Å²) in [7, 11) is -2.39. The van der Waals surface area contributed by atoms with Crippen LogP contribution in [0.1, 0.15) is 47.9 Å². The summed E-state index contributed by atoms with van der Waals surface area (Å²) in [6.45, 7) is 0. The van der Waals surface area contributed by atoms with E-state index in [1.807, 2.05) is 11.0 Å². The Kier molecular flexibility index (Phi) is 6.57. The minimum absolute atomic E-state index is 0.0236. The van der Waals surface area contributed by atoms with E-state index in [2.05, 4.69) is 25.3 Å². The first-order valence-corrected chi connectivity index (χ1v) is 15.9. The fraction of sp³-hybridized carbons (Fsp3) is 0.310. The lowest BCUT2D eigenvalue weighted by Crippen LogP contribution is -2.46. The number of amides is 1. The van der Waals surface area contributed by atoms with Crippen LogP contribution in [0.3, 0.4) is 0 Å². The lowest BCUT2D eigenvalue weighted by atomic mass is 9.87. The second-order valence-corrected chi connectivity index (χ2v) is 13.1. The molecule has 0 radical (unpaired) electrons. The number of nitrogen functional groups attached to an aromatic ring is 1. The van der Waals surface area contributed by atoms with Crippen LogP contribution in [0.25, 0.3) is 28.0 Å². The minimum Gasteiger partial charge on any atom is -0.494 e. The van der Waals surface area contributed by atoms with Gasteiger partial charge in [-0.05, 0) is 49.9 Å². The molecule has 2 aliphatic rings. The van der Waals surface area contributed by atoms with Gasteiger partial charge in [0, 0.05) is 47.1 Å². The number of nitrogens with one attached hydrogen (secondary N) is 1. The molecule has 2 bridgehead atoms. The van der Waals surface area contributed by atoms with E-state index in [-0.39, 0.29) is 46.2 Å². The number of methoxy groups -OCH3 is 1. The highest BCUT2D eigenvalue weighted by atomic mass is 32.2. The maximum absolute atomic E-state index is 14.3. The van der Waals surface area contributed by atoms with Crippen LogP contribution in [0.15, 0.2) is 53.9 Å². The van der Waals surface area contributed by atoms with E-state index >= 15 is 0 Å². The van der Waals surface area contributed by atoms with Gasteiger partial charge in [-0.3, -0.25) is 9.78 Å². The van der Waals surface area contributed by atoms with Crippen molar-refractivity contribution in [1.29, 1.82) is 0 Å². The molecule has 4 aromatic heterocycles. The van der Waals surface area contributed by atoms with Crippen molar-refractivity contribution in [1.82, 2.24) is 39.7 Å². The van der Waals surface area contributed by atoms with E-state index in [1.165, 1.54) is 24.0 Å². The van der Waals surface area contributed by atoms with Gasteiger partial charge < -0.3 is 20.4 Å². The van der Waals surface area contributed by atoms with Crippen LogP contribution in [0.5, 0.6) is 5.75 Å². The molecule has 1 aromatic carbocycles. The fourth-order valence-electron chi connectivity index (χ4n) is 6.59. The molecule has 6 heterocycles. The van der Waals surface area contributed by atoms with Gasteiger partial charge in [0.1, 0.15) is 17.0 Å². The van der Waals surface area contributed by atoms with Crippen molar-refractivity contribution >= 4 is 27.2 Å². The summed E-state index contributed by atoms with van der Waals surface area (Å²) in [5.74, 6) is -0.660. The fourth-order valence-corrected chi connectivity index (χ4v) is 7.65. The van der Waals surface area contributed by atoms with Crippen LogP contribution in [-0.4, -0.2) is 79.4 Å². The Morgan fingerprint density at radius 1 is 1.11 bits per heavy atom. The Morgan fingerprint density at radius 3 is 2.48 bits per heavy atom. The maximum Gasteiger partial charge on any atom is 0.292 e. The molecule has 13 nitrogen and oxygen atoms in total. The number of carbonyl (C=O) groups excluding carboxylic acids is 1. The first kappa shape index (κ1) is 27.9. The molecular formula is C29H28FN9O4S. The smallest absolute Gasteiger partial charge is 0.292 e. The third-order valence-electron chi connectivity index (χ3n) is 8.53. The van der Waals surface area contributed by atoms with Crippen molar-refractivity contribution in [3.8, 4) is 28.1 Å². The highest BCUT2D eigenvalue weighted by molar-refractivity contribution is 7.91. The lowest BCUT2D eigenvalue weighted by molar-refractivity contribution is 0.0556. The normalized spacial score (nSPS) is 19.9. The largest absolute Gasteiger partial charge is 0.494 e. The van der Waals surface area contributed by atoms with Crippen LogP contribution in [-0.2, 0) is 9.84 Å². The molecule has 0 spiro atoms. The lowest BCUT2D eigenvalue weighted by Gasteiger charge is -2.38. The molecule has 3 N–H and O–H groups in total. The number of anilines is 1. The number of ether oxygens (including phenoxy) is 1. The quantitative estimate of drug-likeness (QED) is 0.288. The van der Waals surface area contributed by atoms with Gasteiger partial charge in [0.05, 0.1) is 24.7 Å². The minimum atomic E-state index is -3.79. The Morgan fingerprint density at radius 2 is 1.86 bits per heavy atom. The molecule has 226 valence electrons. The number of pyridine rings is 1. The first-order valence-electron chi connectivity index (χ1n) is 14.0. The zero-order chi connectivity index (χ0) is 30.7. The number of halogens is 1. The third-order valence-corrected chi connectivity index (χ3v) is 9.69. The van der Waals surface area contributed by atoms with Gasteiger partial charge in [-0.2, -0.15) is 9.61 Å². The molecular weight excluding hydrogens is 589 g/mol. The summed E-state index contributed by atoms with van der Waals surface area (Å²) < 4.78 is 46.8. The summed E-state index contributed by atoms with van der Waals surface area (Å²) in [5.41, 5.74) is 9.70. The predicted octanol–water partition coefficient (Wildman–Crippen LogP) is 3.26. The molecule has 2 unspecified atom stereocenters. The van der Waals surface area contributed by atoms with Crippen molar-refractivity contribution in [3.63, 3.8) is 0 Å². The molecule has 2 aliphatic heterocycles. The van der Waals surface area contributed by atoms with E-state index < -0.39 is 15.7 Å². The molecule has 1 amide bonds. The van der Waals surface area contributed by atoms with Crippen molar-refractivity contribution in [2.75, 3.05) is 19.1 Å². The number of rotatable bonds is 6. The van der Waals surface area contributed by atoms with Crippen LogP contribution in [0, 0.1) is 5.82 Å². The number of nitrogens with two attached hydrogens (primary N) is 1. The average Bonchev–Trinajstić information content (AvgIpc) is 3.75. The molecule has 44 heavy (non-hydrogen) atoms. The van der Waals surface area contributed by atoms with Gasteiger partial charge in [0.25, 0.3) is 5.91 Å². The Balaban J connectivity index is 1.26. The second kappa shape index (κ2) is 10.4. The van der Waals surface area contributed by atoms with Crippen molar-refractivity contribution in [2.24, 2.45) is 0 Å². The van der Waals surface area contributed by atoms with Crippen LogP contribution < -0.4 is 10.5 Å². The summed E-state index contributed by atoms with van der Waals surface area (Å²) in [5, 5.41) is 12.0. The molecule has 15 heteroatoms. The SMILES string of the molecule is COc1ccc(-c2ccc(-c3cnn4c(N)c(S(C)(=O)=O)c(C5CC6CCC(C5)N6C(=O)c5nnc[nH]5)nc34)cn2)cc1F. The number of benzene rings is 1. The topological polar surface area (TPSA) is 174 Å². The van der Waals surface area contributed by atoms with Crippen LogP contribution in [0.4, 0.5) is 10.2 Å². The molecule has 2 atom stereocenters. The van der Waals surface area contributed by atoms with Gasteiger partial charge in [-0.1, -0.05) is 6.07 Å². The standard InChI is InChI=1S/C29H28FN9O4S/c1-43-23-8-4-15(11-21(23)30)22-7-3-16(12-32-22)20-13-35-39-26(31)25(44(2,41)42)24(36-28(20)39)17-9-18-5-6-19(10-17)38(18)29(40)27-33-14-34-37-27/h3-4,7-8,11-14,17-19H,5-6,9-10,31H2,1-2H3,(H,33,34,37). The first-order chi connectivity index (χ1) is 21.1. The number of carbonyl (C=O) groups is 1. The van der Waals surface area contributed by atoms with E-state index in [4.69, 9.17) is 15.5 Å². The van der Waals surface area contributed by atoms with Gasteiger partial charge in [-0.25, -0.2) is 17.8 Å². The molecule has 0 saturated carbocycles. The number of hydrogen-bond donors (Lipinski definition) is 2. The molecule has 2 fully saturated rings. The van der Waals surface area contributed by atoms with Gasteiger partial charge in [0.15, 0.2) is 27.1 Å². The highest BCUT2D eigenvalue weighted by Gasteiger charge is 2.46. The summed E-state index contributed by atoms with van der Waals surface area (Å²) in [4.78, 5) is 27.2. The zero-order valence-corrected chi connectivity index (χ0v) is 24.6. The molecule has 5 aromatic rings. The molecule has 2 saturated heterocycles. The van der Waals surface area contributed by atoms with Gasteiger partial charge in [-0.15, -0.1) is 10.2 Å². The second-order valence-electron chi connectivity index (χ2n) is 11.2. The summed E-state index contributed by atoms with van der Waals surface area (Å²) >= 11 is 0. The van der Waals surface area contributed by atoms with Crippen LogP contribution >= 0.6 is 0 Å². The number of piperidine rings is 1. The number of fused-ring (bicyclic) bond motifs is 3. The average molecular weight is 618 g/mol. The monoisotopic (exact) mass is 617 g/mol. The van der Waals surface area contributed by atoms with E-state index in [0.29, 0.717) is 46.6 Å². The number of aromatic nitrogens is 7. The number of H-pyrrole nitrogens is 1. The third kappa shape index (κ3) is 4.54. The van der Waals surface area contributed by atoms with Crippen molar-refractivity contribution in [3.05, 3.63) is 66.4 Å². The predicted molar refractivity (Wildman–Crippen MR) is 157 cm³/mol. The Bertz CT molecular complexity index is 2000. The Labute approximate surface area is 251 Å². The van der Waals surface area contributed by atoms with E-state index in [1.54, 1.807) is 30.6 Å². The maximum atomic E-state index is 14.3. The van der Waals surface area contributed by atoms with Gasteiger partial charge >= 0.3 is 0 Å². The number of nitrogens with zero attached hydrogens (tertiary/aromatic N) is 7. The Hall–Kier alpha value is -4.92. The molecule has 7 rings (SSSR count). The van der Waals surface area contributed by atoms with Crippen molar-refractivity contribution < 1.29 is 22.3 Å². The van der Waals surface area contributed by atoms with E-state index in [9.17, 15) is 17.6 Å². The highest BCUT2D eigenvalue weighted by Crippen LogP contribution is 2.45.